The first-order chi connectivity index (χ1) is 8.85. The summed E-state index contributed by atoms with van der Waals surface area (Å²) >= 11 is 0. The molecule has 1 aliphatic rings. The number of nitrogens with two attached hydrogens (primary N) is 1. The number of nitriles is 1. The van der Waals surface area contributed by atoms with Crippen LogP contribution in [0.25, 0.3) is 0 Å². The van der Waals surface area contributed by atoms with Gasteiger partial charge in [-0.3, -0.25) is 4.90 Å². The van der Waals surface area contributed by atoms with Crippen molar-refractivity contribution in [1.29, 1.82) is 5.26 Å². The Hall–Kier alpha value is -1.37. The molecular formula is C15H21N3. The lowest BCUT2D eigenvalue weighted by Gasteiger charge is -2.35. The van der Waals surface area contributed by atoms with Crippen molar-refractivity contribution in [3.8, 4) is 6.07 Å². The van der Waals surface area contributed by atoms with Crippen molar-refractivity contribution in [2.75, 3.05) is 13.1 Å². The molecule has 0 radical (unpaired) electrons. The molecule has 2 N–H and O–H groups in total. The van der Waals surface area contributed by atoms with Gasteiger partial charge in [-0.15, -0.1) is 0 Å². The van der Waals surface area contributed by atoms with Crippen molar-refractivity contribution in [3.05, 3.63) is 35.4 Å². The predicted octanol–water partition coefficient (Wildman–Crippen LogP) is 2.26. The van der Waals surface area contributed by atoms with E-state index in [1.54, 1.807) is 0 Å². The third-order valence-corrected chi connectivity index (χ3v) is 3.76. The van der Waals surface area contributed by atoms with Crippen molar-refractivity contribution in [2.24, 2.45) is 5.73 Å². The van der Waals surface area contributed by atoms with E-state index in [1.165, 1.54) is 19.3 Å². The van der Waals surface area contributed by atoms with Crippen LogP contribution in [-0.2, 0) is 6.54 Å². The van der Waals surface area contributed by atoms with Crippen LogP contribution in [0.5, 0.6) is 0 Å². The molecule has 0 bridgehead atoms. The van der Waals surface area contributed by atoms with Gasteiger partial charge < -0.3 is 5.73 Å². The van der Waals surface area contributed by atoms with Crippen LogP contribution in [0.3, 0.4) is 0 Å². The minimum Gasteiger partial charge on any atom is -0.330 e. The maximum absolute atomic E-state index is 9.13. The van der Waals surface area contributed by atoms with E-state index in [0.29, 0.717) is 6.04 Å². The van der Waals surface area contributed by atoms with E-state index < -0.39 is 0 Å². The van der Waals surface area contributed by atoms with Crippen LogP contribution in [0.4, 0.5) is 0 Å². The number of nitrogens with zero attached hydrogens (tertiary/aromatic N) is 2. The molecule has 1 aromatic rings. The summed E-state index contributed by atoms with van der Waals surface area (Å²) in [6.07, 6.45) is 4.87. The molecule has 0 amide bonds. The molecule has 1 saturated heterocycles. The van der Waals surface area contributed by atoms with Gasteiger partial charge in [-0.05, 0) is 44.0 Å². The molecule has 1 aromatic carbocycles. The molecule has 3 nitrogen and oxygen atoms in total. The van der Waals surface area contributed by atoms with Gasteiger partial charge >= 0.3 is 0 Å². The molecule has 0 aliphatic carbocycles. The predicted molar refractivity (Wildman–Crippen MR) is 72.9 cm³/mol. The van der Waals surface area contributed by atoms with Gasteiger partial charge in [0.15, 0.2) is 0 Å². The Morgan fingerprint density at radius 2 is 2.17 bits per heavy atom. The molecule has 96 valence electrons. The van der Waals surface area contributed by atoms with Crippen molar-refractivity contribution in [3.63, 3.8) is 0 Å². The normalized spacial score (nSPS) is 20.6. The zero-order valence-electron chi connectivity index (χ0n) is 10.8. The van der Waals surface area contributed by atoms with Crippen LogP contribution >= 0.6 is 0 Å². The van der Waals surface area contributed by atoms with Gasteiger partial charge in [0, 0.05) is 12.6 Å². The van der Waals surface area contributed by atoms with Crippen LogP contribution < -0.4 is 5.73 Å². The first-order valence-corrected chi connectivity index (χ1v) is 6.77. The molecule has 2 rings (SSSR count). The molecule has 0 aromatic heterocycles. The van der Waals surface area contributed by atoms with Gasteiger partial charge in [0.05, 0.1) is 11.6 Å². The number of likely N-dealkylation sites (tertiary alicyclic amines) is 1. The molecule has 1 aliphatic heterocycles. The van der Waals surface area contributed by atoms with E-state index in [-0.39, 0.29) is 0 Å². The van der Waals surface area contributed by atoms with Gasteiger partial charge in [-0.25, -0.2) is 0 Å². The van der Waals surface area contributed by atoms with Crippen LogP contribution in [-0.4, -0.2) is 24.0 Å². The van der Waals surface area contributed by atoms with E-state index in [4.69, 9.17) is 11.0 Å². The summed E-state index contributed by atoms with van der Waals surface area (Å²) in [6.45, 7) is 2.76. The summed E-state index contributed by atoms with van der Waals surface area (Å²) in [7, 11) is 0. The van der Waals surface area contributed by atoms with E-state index in [2.05, 4.69) is 17.0 Å². The van der Waals surface area contributed by atoms with Crippen LogP contribution in [0.1, 0.15) is 36.8 Å². The molecule has 3 heteroatoms. The maximum Gasteiger partial charge on any atom is 0.0995 e. The molecule has 0 saturated carbocycles. The molecule has 1 atom stereocenters. The van der Waals surface area contributed by atoms with E-state index in [9.17, 15) is 0 Å². The van der Waals surface area contributed by atoms with Gasteiger partial charge in [0.2, 0.25) is 0 Å². The largest absolute Gasteiger partial charge is 0.330 e. The summed E-state index contributed by atoms with van der Waals surface area (Å²) in [4.78, 5) is 2.49. The average Bonchev–Trinajstić information content (AvgIpc) is 2.42. The van der Waals surface area contributed by atoms with Crippen LogP contribution in [0, 0.1) is 11.3 Å². The number of piperidine rings is 1. The maximum atomic E-state index is 9.13. The Bertz CT molecular complexity index is 420. The van der Waals surface area contributed by atoms with Crippen molar-refractivity contribution < 1.29 is 0 Å². The Morgan fingerprint density at radius 3 is 2.94 bits per heavy atom. The fourth-order valence-electron chi connectivity index (χ4n) is 2.77. The highest BCUT2D eigenvalue weighted by molar-refractivity contribution is 5.37. The lowest BCUT2D eigenvalue weighted by atomic mass is 9.97. The van der Waals surface area contributed by atoms with Crippen molar-refractivity contribution in [2.45, 2.75) is 38.3 Å². The molecule has 1 fully saturated rings. The van der Waals surface area contributed by atoms with Gasteiger partial charge in [-0.1, -0.05) is 24.6 Å². The summed E-state index contributed by atoms with van der Waals surface area (Å²) in [6, 6.07) is 10.8. The van der Waals surface area contributed by atoms with Gasteiger partial charge in [0.25, 0.3) is 0 Å². The van der Waals surface area contributed by atoms with E-state index in [1.807, 2.05) is 18.2 Å². The van der Waals surface area contributed by atoms with Gasteiger partial charge in [-0.2, -0.15) is 5.26 Å². The first kappa shape index (κ1) is 13.1. The number of hydrogen-bond acceptors (Lipinski definition) is 3. The van der Waals surface area contributed by atoms with Crippen LogP contribution in [0.2, 0.25) is 0 Å². The number of rotatable bonds is 4. The molecule has 1 heterocycles. The standard InChI is InChI=1S/C15H21N3/c16-9-8-15-7-3-4-10-18(15)12-14-6-2-1-5-13(14)11-17/h1-2,5-6,15H,3-4,7-10,12,16H2. The molecule has 1 unspecified atom stereocenters. The van der Waals surface area contributed by atoms with E-state index >= 15 is 0 Å². The first-order valence-electron chi connectivity index (χ1n) is 6.77. The average molecular weight is 243 g/mol. The zero-order valence-corrected chi connectivity index (χ0v) is 10.8. The Morgan fingerprint density at radius 1 is 1.33 bits per heavy atom. The summed E-state index contributed by atoms with van der Waals surface area (Å²) in [5.41, 5.74) is 7.64. The summed E-state index contributed by atoms with van der Waals surface area (Å²) in [5, 5.41) is 9.13. The quantitative estimate of drug-likeness (QED) is 0.882. The molecule has 18 heavy (non-hydrogen) atoms. The Balaban J connectivity index is 2.09. The third kappa shape index (κ3) is 3.10. The highest BCUT2D eigenvalue weighted by atomic mass is 15.2. The number of benzene rings is 1. The minimum absolute atomic E-state index is 0.593. The summed E-state index contributed by atoms with van der Waals surface area (Å²) < 4.78 is 0. The minimum atomic E-state index is 0.593. The number of hydrogen-bond donors (Lipinski definition) is 1. The van der Waals surface area contributed by atoms with Gasteiger partial charge in [0.1, 0.15) is 0 Å². The highest BCUT2D eigenvalue weighted by Gasteiger charge is 2.22. The second-order valence-electron chi connectivity index (χ2n) is 4.97. The second-order valence-corrected chi connectivity index (χ2v) is 4.97. The fraction of sp³-hybridized carbons (Fsp3) is 0.533. The second kappa shape index (κ2) is 6.53. The Kier molecular flexibility index (Phi) is 4.74. The summed E-state index contributed by atoms with van der Waals surface area (Å²) in [5.74, 6) is 0. The Labute approximate surface area is 109 Å². The van der Waals surface area contributed by atoms with Crippen molar-refractivity contribution >= 4 is 0 Å². The lowest BCUT2D eigenvalue weighted by molar-refractivity contribution is 0.134. The highest BCUT2D eigenvalue weighted by Crippen LogP contribution is 2.22. The topological polar surface area (TPSA) is 53.0 Å². The fourth-order valence-corrected chi connectivity index (χ4v) is 2.77. The third-order valence-electron chi connectivity index (χ3n) is 3.76. The van der Waals surface area contributed by atoms with Crippen molar-refractivity contribution in [1.82, 2.24) is 4.90 Å². The molecular weight excluding hydrogens is 222 g/mol. The van der Waals surface area contributed by atoms with E-state index in [0.717, 1.165) is 37.2 Å². The SMILES string of the molecule is N#Cc1ccccc1CN1CCCCC1CCN. The molecule has 0 spiro atoms. The van der Waals surface area contributed by atoms with Crippen LogP contribution in [0.15, 0.2) is 24.3 Å². The smallest absolute Gasteiger partial charge is 0.0995 e. The lowest BCUT2D eigenvalue weighted by Crippen LogP contribution is -2.40. The monoisotopic (exact) mass is 243 g/mol. The zero-order chi connectivity index (χ0) is 12.8.